The van der Waals surface area contributed by atoms with Gasteiger partial charge in [0, 0.05) is 16.9 Å². The van der Waals surface area contributed by atoms with E-state index < -0.39 is 144 Å². The Bertz CT molecular complexity index is 2620. The molecule has 0 amide bonds. The second kappa shape index (κ2) is 16.7. The van der Waals surface area contributed by atoms with Gasteiger partial charge in [0.1, 0.15) is 58.4 Å². The maximum Gasteiger partial charge on any atom is 0.265 e. The predicted molar refractivity (Wildman–Crippen MR) is 177 cm³/mol. The predicted octanol–water partition coefficient (Wildman–Crippen LogP) is 8.52. The lowest BCUT2D eigenvalue weighted by molar-refractivity contribution is -0.854. The summed E-state index contributed by atoms with van der Waals surface area (Å²) in [4.78, 5) is 5.75. The summed E-state index contributed by atoms with van der Waals surface area (Å²) >= 11 is 0. The number of phenolic OH excluding ortho intramolecular Hbond substituents is 1. The lowest BCUT2D eigenvalue weighted by atomic mass is 9.12. The first-order valence-corrected chi connectivity index (χ1v) is 16.6. The number of pyridine rings is 1. The summed E-state index contributed by atoms with van der Waals surface area (Å²) in [6, 6.07) is 18.6. The molecule has 0 saturated carbocycles. The van der Waals surface area contributed by atoms with Crippen molar-refractivity contribution in [1.29, 1.82) is 0 Å². The number of hydrogen-bond acceptors (Lipinski definition) is 2. The van der Waals surface area contributed by atoms with E-state index in [1.165, 1.54) is 0 Å². The van der Waals surface area contributed by atoms with Crippen LogP contribution in [0, 0.1) is 116 Å². The second-order valence-electron chi connectivity index (χ2n) is 12.8. The number of hydrogen-bond donors (Lipinski definition) is 1. The average molecular weight is 917 g/mol. The fourth-order valence-corrected chi connectivity index (χ4v) is 6.71. The normalized spacial score (nSPS) is 11.6. The molecular weight excluding hydrogens is 905 g/mol. The number of aromatic nitrogens is 1. The van der Waals surface area contributed by atoms with Gasteiger partial charge in [0.05, 0.1) is 5.39 Å². The molecule has 0 radical (unpaired) electrons. The second-order valence-corrected chi connectivity index (χ2v) is 12.8. The number of halogens is 20. The monoisotopic (exact) mass is 917 g/mol. The molecule has 0 unspecified atom stereocenters. The third-order valence-electron chi connectivity index (χ3n) is 9.42. The molecule has 0 aliphatic carbocycles. The van der Waals surface area contributed by atoms with Crippen molar-refractivity contribution in [1.82, 2.24) is 0 Å². The number of aromatic hydroxyl groups is 1. The molecule has 0 aliphatic rings. The highest BCUT2D eigenvalue weighted by Crippen LogP contribution is 2.31. The molecule has 0 aliphatic heterocycles. The Hall–Kier alpha value is -7.01. The van der Waals surface area contributed by atoms with Gasteiger partial charge in [-0.15, -0.1) is 21.9 Å². The van der Waals surface area contributed by atoms with Crippen LogP contribution < -0.4 is 31.4 Å². The Morgan fingerprint density at radius 2 is 0.603 bits per heavy atom. The topological polar surface area (TPSA) is 33.3 Å². The molecule has 328 valence electrons. The third-order valence-corrected chi connectivity index (χ3v) is 9.42. The molecule has 0 bridgehead atoms. The summed E-state index contributed by atoms with van der Waals surface area (Å²) in [6.07, 6.45) is -5.36. The smallest absolute Gasteiger partial charge is 0.265 e. The summed E-state index contributed by atoms with van der Waals surface area (Å²) in [5, 5.41) is 10.3. The van der Waals surface area contributed by atoms with E-state index in [2.05, 4.69) is 0 Å². The van der Waals surface area contributed by atoms with Gasteiger partial charge < -0.3 is 5.11 Å². The van der Waals surface area contributed by atoms with Gasteiger partial charge in [0.15, 0.2) is 69.8 Å². The van der Waals surface area contributed by atoms with E-state index in [0.717, 1.165) is 10.9 Å². The minimum atomic E-state index is -7.22. The number of rotatable bonds is 6. The highest BCUT2D eigenvalue weighted by atomic mass is 19.2. The van der Waals surface area contributed by atoms with Crippen LogP contribution in [0.2, 0.25) is 0 Å². The lowest BCUT2D eigenvalue weighted by Crippen LogP contribution is -2.81. The molecule has 0 fully saturated rings. The number of phenols is 1. The van der Waals surface area contributed by atoms with Crippen LogP contribution in [0.4, 0.5) is 87.8 Å². The van der Waals surface area contributed by atoms with Crippen LogP contribution in [0.5, 0.6) is 11.5 Å². The number of nitrogens with zero attached hydrogens (tertiary/aromatic N) is 1. The summed E-state index contributed by atoms with van der Waals surface area (Å²) in [7, 11) is 0. The average Bonchev–Trinajstić information content (AvgIpc) is 3.27. The van der Waals surface area contributed by atoms with Gasteiger partial charge in [-0.05, 0) is 36.4 Å². The first-order valence-electron chi connectivity index (χ1n) is 16.6. The number of benzene rings is 6. The zero-order valence-corrected chi connectivity index (χ0v) is 29.8. The summed E-state index contributed by atoms with van der Waals surface area (Å²) in [5.41, 5.74) is -13.3. The highest BCUT2D eigenvalue weighted by molar-refractivity contribution is 7.20. The Morgan fingerprint density at radius 3 is 0.921 bits per heavy atom. The van der Waals surface area contributed by atoms with Gasteiger partial charge in [-0.1, -0.05) is 12.1 Å². The first kappa shape index (κ1) is 45.5. The van der Waals surface area contributed by atoms with Crippen molar-refractivity contribution >= 4 is 38.9 Å². The summed E-state index contributed by atoms with van der Waals surface area (Å²) < 4.78 is 296. The van der Waals surface area contributed by atoms with Crippen LogP contribution in [0.1, 0.15) is 0 Å². The highest BCUT2D eigenvalue weighted by Gasteiger charge is 2.52. The van der Waals surface area contributed by atoms with Crippen LogP contribution >= 0.6 is 0 Å². The Kier molecular flexibility index (Phi) is 12.1. The Labute approximate surface area is 336 Å². The van der Waals surface area contributed by atoms with E-state index in [9.17, 15) is 57.8 Å². The van der Waals surface area contributed by atoms with Gasteiger partial charge in [0.25, 0.3) is 5.52 Å². The standard InChI is InChI=1S/C24BF20.C15H11NO2/c26-5-1(6(27)14(35)21(42)13(5)34)25(2-7(28)15(36)22(43)16(37)8(2)29,3-9(30)17(38)23(44)18(39)10(3)31)4-11(32)19(40)24(45)20(41)12(4)33;17-13-7-9-14(10-8-13)18-16-11-3-5-12-4-1-2-6-15(12)16/h;1-11H/q-1;/p+1. The molecule has 63 heavy (non-hydrogen) atoms. The zero-order valence-electron chi connectivity index (χ0n) is 29.8. The lowest BCUT2D eigenvalue weighted by Gasteiger charge is -2.44. The van der Waals surface area contributed by atoms with Gasteiger partial charge in [-0.2, -0.15) is 0 Å². The van der Waals surface area contributed by atoms with E-state index in [-0.39, 0.29) is 5.75 Å². The maximum absolute atomic E-state index is 15.4. The fourth-order valence-electron chi connectivity index (χ4n) is 6.71. The van der Waals surface area contributed by atoms with Crippen molar-refractivity contribution in [2.24, 2.45) is 0 Å². The molecule has 7 aromatic rings. The molecule has 0 spiro atoms. The molecule has 6 aromatic carbocycles. The number of fused-ring (bicyclic) bond motifs is 1. The molecule has 0 saturated heterocycles. The van der Waals surface area contributed by atoms with E-state index in [0.29, 0.717) is 5.75 Å². The maximum atomic E-state index is 15.4. The van der Waals surface area contributed by atoms with Gasteiger partial charge in [-0.3, -0.25) is 0 Å². The molecule has 1 heterocycles. The van der Waals surface area contributed by atoms with Crippen molar-refractivity contribution in [2.75, 3.05) is 0 Å². The quantitative estimate of drug-likeness (QED) is 0.0598. The van der Waals surface area contributed by atoms with Crippen LogP contribution in [0.15, 0.2) is 66.9 Å². The minimum absolute atomic E-state index is 0.227. The minimum Gasteiger partial charge on any atom is -0.508 e. The van der Waals surface area contributed by atoms with E-state index in [1.54, 1.807) is 29.0 Å². The zero-order chi connectivity index (χ0) is 46.7. The van der Waals surface area contributed by atoms with E-state index in [1.807, 2.05) is 42.6 Å². The van der Waals surface area contributed by atoms with Crippen LogP contribution in [-0.2, 0) is 0 Å². The fraction of sp³-hybridized carbons (Fsp3) is 0. The van der Waals surface area contributed by atoms with Crippen LogP contribution in [0.25, 0.3) is 10.9 Å². The van der Waals surface area contributed by atoms with Gasteiger partial charge in [0.2, 0.25) is 11.9 Å². The van der Waals surface area contributed by atoms with Crippen molar-refractivity contribution in [3.05, 3.63) is 183 Å². The van der Waals surface area contributed by atoms with Crippen molar-refractivity contribution in [3.8, 4) is 11.5 Å². The van der Waals surface area contributed by atoms with E-state index >= 15 is 35.1 Å². The largest absolute Gasteiger partial charge is 0.508 e. The molecule has 1 aromatic heterocycles. The van der Waals surface area contributed by atoms with Crippen LogP contribution in [0.3, 0.4) is 0 Å². The van der Waals surface area contributed by atoms with Crippen LogP contribution in [-0.4, -0.2) is 11.3 Å². The van der Waals surface area contributed by atoms with Crippen molar-refractivity contribution in [2.45, 2.75) is 0 Å². The van der Waals surface area contributed by atoms with Gasteiger partial charge >= 0.3 is 0 Å². The molecule has 3 nitrogen and oxygen atoms in total. The van der Waals surface area contributed by atoms with Crippen molar-refractivity contribution < 1.29 is 102 Å². The molecule has 7 rings (SSSR count). The van der Waals surface area contributed by atoms with Gasteiger partial charge in [-0.25, -0.2) is 92.6 Å². The van der Waals surface area contributed by atoms with Crippen molar-refractivity contribution in [3.63, 3.8) is 0 Å². The SMILES string of the molecule is Fc1c(F)c(F)c([B-](c2c(F)c(F)c(F)c(F)c2F)(c2c(F)c(F)c(F)c(F)c2F)c2c(F)c(F)c(F)c(F)c2F)c(F)c1F.Oc1ccc(O[n+]2cccc3ccccc32)cc1. The first-order chi connectivity index (χ1) is 29.5. The Balaban J connectivity index is 0.000000302. The Morgan fingerprint density at radius 1 is 0.333 bits per heavy atom. The van der Waals surface area contributed by atoms with E-state index in [4.69, 9.17) is 4.84 Å². The molecule has 1 N–H and O–H groups in total. The third kappa shape index (κ3) is 7.05. The molecular formula is C39H12BF20NO2. The molecule has 24 heteroatoms. The molecule has 0 atom stereocenters. The summed E-state index contributed by atoms with van der Waals surface area (Å²) in [5.74, 6) is -70.5. The number of para-hydroxylation sites is 1. The summed E-state index contributed by atoms with van der Waals surface area (Å²) in [6.45, 7) is 0.